The first-order chi connectivity index (χ1) is 11.0. The molecule has 1 aromatic carbocycles. The number of rotatable bonds is 5. The quantitative estimate of drug-likeness (QED) is 0.830. The summed E-state index contributed by atoms with van der Waals surface area (Å²) in [5.74, 6) is 0.887. The summed E-state index contributed by atoms with van der Waals surface area (Å²) in [6.07, 6.45) is 1.19. The van der Waals surface area contributed by atoms with Crippen LogP contribution in [0.15, 0.2) is 36.5 Å². The van der Waals surface area contributed by atoms with Crippen LogP contribution in [0.5, 0.6) is 0 Å². The SMILES string of the molecule is CCOC(=O)Nc1ccc(Nc2c(C)cccc2C(C)C)cn1. The van der Waals surface area contributed by atoms with Gasteiger partial charge in [0.05, 0.1) is 18.5 Å². The summed E-state index contributed by atoms with van der Waals surface area (Å²) < 4.78 is 4.82. The molecule has 2 aromatic rings. The molecule has 0 aliphatic carbocycles. The lowest BCUT2D eigenvalue weighted by Gasteiger charge is -2.17. The van der Waals surface area contributed by atoms with Crippen molar-refractivity contribution in [2.45, 2.75) is 33.6 Å². The van der Waals surface area contributed by atoms with E-state index in [9.17, 15) is 4.79 Å². The summed E-state index contributed by atoms with van der Waals surface area (Å²) in [6, 6.07) is 9.90. The minimum atomic E-state index is -0.498. The number of carbonyl (C=O) groups is 1. The van der Waals surface area contributed by atoms with Gasteiger partial charge in [-0.3, -0.25) is 5.32 Å². The van der Waals surface area contributed by atoms with Crippen LogP contribution in [0, 0.1) is 6.92 Å². The third-order valence-corrected chi connectivity index (χ3v) is 3.47. The first-order valence-electron chi connectivity index (χ1n) is 7.77. The van der Waals surface area contributed by atoms with E-state index in [0.717, 1.165) is 11.4 Å². The van der Waals surface area contributed by atoms with Crippen molar-refractivity contribution in [2.75, 3.05) is 17.2 Å². The molecule has 0 spiro atoms. The predicted molar refractivity (Wildman–Crippen MR) is 93.4 cm³/mol. The van der Waals surface area contributed by atoms with Crippen LogP contribution >= 0.6 is 0 Å². The molecule has 0 unspecified atom stereocenters. The highest BCUT2D eigenvalue weighted by Crippen LogP contribution is 2.30. The van der Waals surface area contributed by atoms with Crippen LogP contribution in [-0.2, 0) is 4.74 Å². The normalized spacial score (nSPS) is 10.5. The standard InChI is InChI=1S/C18H23N3O2/c1-5-23-18(22)21-16-10-9-14(11-19-16)20-17-13(4)7-6-8-15(17)12(2)3/h6-12,20H,5H2,1-4H3,(H,19,21,22). The lowest BCUT2D eigenvalue weighted by Crippen LogP contribution is -2.14. The van der Waals surface area contributed by atoms with E-state index in [0.29, 0.717) is 18.3 Å². The van der Waals surface area contributed by atoms with E-state index in [2.05, 4.69) is 54.6 Å². The first kappa shape index (κ1) is 16.8. The number of carbonyl (C=O) groups excluding carboxylic acids is 1. The summed E-state index contributed by atoms with van der Waals surface area (Å²) in [5.41, 5.74) is 4.43. The largest absolute Gasteiger partial charge is 0.450 e. The molecule has 0 saturated heterocycles. The Kier molecular flexibility index (Phi) is 5.57. The Bertz CT molecular complexity index is 666. The maximum atomic E-state index is 11.4. The van der Waals surface area contributed by atoms with Crippen molar-refractivity contribution >= 4 is 23.3 Å². The summed E-state index contributed by atoms with van der Waals surface area (Å²) >= 11 is 0. The van der Waals surface area contributed by atoms with Gasteiger partial charge in [0, 0.05) is 5.69 Å². The number of amides is 1. The molecule has 23 heavy (non-hydrogen) atoms. The van der Waals surface area contributed by atoms with Crippen LogP contribution in [0.25, 0.3) is 0 Å². The topological polar surface area (TPSA) is 63.2 Å². The number of aromatic nitrogens is 1. The van der Waals surface area contributed by atoms with Crippen LogP contribution in [0.2, 0.25) is 0 Å². The summed E-state index contributed by atoms with van der Waals surface area (Å²) in [7, 11) is 0. The number of hydrogen-bond donors (Lipinski definition) is 2. The molecule has 0 saturated carbocycles. The van der Waals surface area contributed by atoms with E-state index < -0.39 is 6.09 Å². The monoisotopic (exact) mass is 313 g/mol. The number of anilines is 3. The Morgan fingerprint density at radius 3 is 2.65 bits per heavy atom. The van der Waals surface area contributed by atoms with Crippen molar-refractivity contribution in [3.63, 3.8) is 0 Å². The number of nitrogens with one attached hydrogen (secondary N) is 2. The second kappa shape index (κ2) is 7.63. The molecule has 2 N–H and O–H groups in total. The molecule has 1 aromatic heterocycles. The van der Waals surface area contributed by atoms with Gasteiger partial charge in [-0.25, -0.2) is 9.78 Å². The molecule has 0 bridgehead atoms. The average molecular weight is 313 g/mol. The van der Waals surface area contributed by atoms with E-state index in [4.69, 9.17) is 4.74 Å². The molecule has 0 atom stereocenters. The third-order valence-electron chi connectivity index (χ3n) is 3.47. The molecule has 0 aliphatic rings. The van der Waals surface area contributed by atoms with Crippen LogP contribution in [0.4, 0.5) is 22.0 Å². The number of benzene rings is 1. The lowest BCUT2D eigenvalue weighted by atomic mass is 9.98. The zero-order valence-electron chi connectivity index (χ0n) is 14.0. The average Bonchev–Trinajstić information content (AvgIpc) is 2.51. The molecule has 0 radical (unpaired) electrons. The van der Waals surface area contributed by atoms with Gasteiger partial charge in [-0.2, -0.15) is 0 Å². The van der Waals surface area contributed by atoms with Gasteiger partial charge in [0.2, 0.25) is 0 Å². The molecule has 5 heteroatoms. The molecule has 1 amide bonds. The summed E-state index contributed by atoms with van der Waals surface area (Å²) in [6.45, 7) is 8.51. The second-order valence-corrected chi connectivity index (χ2v) is 5.60. The molecule has 5 nitrogen and oxygen atoms in total. The number of ether oxygens (including phenoxy) is 1. The third kappa shape index (κ3) is 4.45. The molecule has 122 valence electrons. The maximum absolute atomic E-state index is 11.4. The van der Waals surface area contributed by atoms with E-state index >= 15 is 0 Å². The van der Waals surface area contributed by atoms with Crippen molar-refractivity contribution in [3.05, 3.63) is 47.7 Å². The second-order valence-electron chi connectivity index (χ2n) is 5.60. The van der Waals surface area contributed by atoms with Crippen molar-refractivity contribution in [2.24, 2.45) is 0 Å². The van der Waals surface area contributed by atoms with Crippen molar-refractivity contribution in [1.29, 1.82) is 0 Å². The van der Waals surface area contributed by atoms with Gasteiger partial charge in [-0.1, -0.05) is 32.0 Å². The van der Waals surface area contributed by atoms with E-state index in [1.54, 1.807) is 19.2 Å². The Morgan fingerprint density at radius 2 is 2.04 bits per heavy atom. The highest BCUT2D eigenvalue weighted by atomic mass is 16.5. The van der Waals surface area contributed by atoms with Gasteiger partial charge in [0.15, 0.2) is 0 Å². The first-order valence-corrected chi connectivity index (χ1v) is 7.77. The highest BCUT2D eigenvalue weighted by Gasteiger charge is 2.10. The van der Waals surface area contributed by atoms with E-state index in [1.165, 1.54) is 11.1 Å². The molecule has 2 rings (SSSR count). The van der Waals surface area contributed by atoms with Gasteiger partial charge in [0.1, 0.15) is 5.82 Å². The van der Waals surface area contributed by atoms with Gasteiger partial charge in [-0.05, 0) is 43.0 Å². The van der Waals surface area contributed by atoms with Crippen molar-refractivity contribution in [3.8, 4) is 0 Å². The molecule has 0 aliphatic heterocycles. The van der Waals surface area contributed by atoms with Crippen LogP contribution in [0.3, 0.4) is 0 Å². The van der Waals surface area contributed by atoms with Gasteiger partial charge >= 0.3 is 6.09 Å². The summed E-state index contributed by atoms with van der Waals surface area (Å²) in [5, 5.41) is 6.00. The Hall–Kier alpha value is -2.56. The molecular formula is C18H23N3O2. The Morgan fingerprint density at radius 1 is 1.26 bits per heavy atom. The fourth-order valence-electron chi connectivity index (χ4n) is 2.30. The zero-order chi connectivity index (χ0) is 16.8. The number of para-hydroxylation sites is 1. The smallest absolute Gasteiger partial charge is 0.412 e. The number of hydrogen-bond acceptors (Lipinski definition) is 4. The van der Waals surface area contributed by atoms with Gasteiger partial charge in [0.25, 0.3) is 0 Å². The fraction of sp³-hybridized carbons (Fsp3) is 0.333. The molecule has 0 fully saturated rings. The number of aryl methyl sites for hydroxylation is 1. The number of nitrogens with zero attached hydrogens (tertiary/aromatic N) is 1. The minimum absolute atomic E-state index is 0.330. The Labute approximate surface area is 137 Å². The van der Waals surface area contributed by atoms with Crippen molar-refractivity contribution in [1.82, 2.24) is 4.98 Å². The van der Waals surface area contributed by atoms with Gasteiger partial charge in [-0.15, -0.1) is 0 Å². The maximum Gasteiger partial charge on any atom is 0.412 e. The van der Waals surface area contributed by atoms with Crippen molar-refractivity contribution < 1.29 is 9.53 Å². The van der Waals surface area contributed by atoms with Crippen LogP contribution < -0.4 is 10.6 Å². The van der Waals surface area contributed by atoms with E-state index in [1.807, 2.05) is 6.07 Å². The number of pyridine rings is 1. The Balaban J connectivity index is 2.14. The molecule has 1 heterocycles. The predicted octanol–water partition coefficient (Wildman–Crippen LogP) is 4.83. The van der Waals surface area contributed by atoms with E-state index in [-0.39, 0.29) is 0 Å². The zero-order valence-corrected chi connectivity index (χ0v) is 14.0. The molecular weight excluding hydrogens is 290 g/mol. The van der Waals surface area contributed by atoms with Crippen LogP contribution in [-0.4, -0.2) is 17.7 Å². The van der Waals surface area contributed by atoms with Crippen LogP contribution in [0.1, 0.15) is 37.8 Å². The van der Waals surface area contributed by atoms with Gasteiger partial charge < -0.3 is 10.1 Å². The summed E-state index contributed by atoms with van der Waals surface area (Å²) in [4.78, 5) is 15.6. The highest BCUT2D eigenvalue weighted by molar-refractivity contribution is 5.83. The minimum Gasteiger partial charge on any atom is -0.450 e. The fourth-order valence-corrected chi connectivity index (χ4v) is 2.30. The lowest BCUT2D eigenvalue weighted by molar-refractivity contribution is 0.168.